The number of hydrogen-bond donors (Lipinski definition) is 2. The number of likely N-dealkylation sites (tertiary alicyclic amines) is 1. The Morgan fingerprint density at radius 2 is 2.04 bits per heavy atom. The maximum absolute atomic E-state index is 11.9. The van der Waals surface area contributed by atoms with Crippen LogP contribution in [0.5, 0.6) is 0 Å². The topological polar surface area (TPSA) is 75.4 Å². The zero-order valence-corrected chi connectivity index (χ0v) is 14.4. The van der Waals surface area contributed by atoms with Crippen LogP contribution in [-0.4, -0.2) is 41.3 Å². The average Bonchev–Trinajstić information content (AvgIpc) is 2.96. The molecule has 0 aliphatic carbocycles. The van der Waals surface area contributed by atoms with E-state index in [-0.39, 0.29) is 11.8 Å². The van der Waals surface area contributed by atoms with Gasteiger partial charge in [0.25, 0.3) is 0 Å². The Hall–Kier alpha value is -1.53. The Kier molecular flexibility index (Phi) is 6.92. The minimum Gasteiger partial charge on any atom is -0.351 e. The molecule has 0 spiro atoms. The summed E-state index contributed by atoms with van der Waals surface area (Å²) < 4.78 is 0. The largest absolute Gasteiger partial charge is 0.351 e. The average molecular weight is 335 g/mol. The zero-order valence-electron chi connectivity index (χ0n) is 13.6. The first-order valence-corrected chi connectivity index (χ1v) is 9.37. The molecule has 0 aromatic heterocycles. The van der Waals surface area contributed by atoms with Gasteiger partial charge in [-0.15, -0.1) is 0 Å². The monoisotopic (exact) mass is 335 g/mol. The van der Waals surface area contributed by atoms with E-state index in [2.05, 4.69) is 5.32 Å². The van der Waals surface area contributed by atoms with E-state index in [0.717, 1.165) is 29.8 Å². The second kappa shape index (κ2) is 8.93. The molecule has 0 saturated carbocycles. The van der Waals surface area contributed by atoms with Gasteiger partial charge in [0.2, 0.25) is 11.8 Å². The minimum absolute atomic E-state index is 0.106. The van der Waals surface area contributed by atoms with Crippen LogP contribution in [-0.2, 0) is 22.7 Å². The molecular weight excluding hydrogens is 310 g/mol. The molecule has 1 saturated heterocycles. The molecule has 0 radical (unpaired) electrons. The Morgan fingerprint density at radius 3 is 2.65 bits per heavy atom. The van der Waals surface area contributed by atoms with Gasteiger partial charge in [-0.05, 0) is 36.0 Å². The van der Waals surface area contributed by atoms with Crippen molar-refractivity contribution in [3.8, 4) is 0 Å². The fraction of sp³-hybridized carbons (Fsp3) is 0.529. The third kappa shape index (κ3) is 5.55. The summed E-state index contributed by atoms with van der Waals surface area (Å²) in [5.41, 5.74) is 7.98. The van der Waals surface area contributed by atoms with Gasteiger partial charge in [0, 0.05) is 26.1 Å². The zero-order chi connectivity index (χ0) is 16.7. The third-order valence-electron chi connectivity index (χ3n) is 4.00. The molecule has 0 bridgehead atoms. The fourth-order valence-electron chi connectivity index (χ4n) is 2.55. The first-order chi connectivity index (χ1) is 11.1. The number of nitrogens with two attached hydrogens (primary N) is 1. The van der Waals surface area contributed by atoms with E-state index in [1.165, 1.54) is 0 Å². The lowest BCUT2D eigenvalue weighted by atomic mass is 10.1. The predicted octanol–water partition coefficient (Wildman–Crippen LogP) is 1.51. The second-order valence-electron chi connectivity index (χ2n) is 5.84. The van der Waals surface area contributed by atoms with Gasteiger partial charge in [-0.1, -0.05) is 24.3 Å². The van der Waals surface area contributed by atoms with E-state index < -0.39 is 6.04 Å². The van der Waals surface area contributed by atoms with Gasteiger partial charge in [-0.3, -0.25) is 9.59 Å². The molecule has 2 amide bonds. The summed E-state index contributed by atoms with van der Waals surface area (Å²) in [6, 6.07) is 7.57. The molecule has 5 nitrogen and oxygen atoms in total. The van der Waals surface area contributed by atoms with Crippen LogP contribution >= 0.6 is 11.8 Å². The van der Waals surface area contributed by atoms with Crippen LogP contribution in [0.1, 0.15) is 30.4 Å². The minimum atomic E-state index is -0.442. The van der Waals surface area contributed by atoms with Crippen LogP contribution in [0, 0.1) is 0 Å². The van der Waals surface area contributed by atoms with Gasteiger partial charge in [0.1, 0.15) is 0 Å². The number of benzene rings is 1. The van der Waals surface area contributed by atoms with E-state index in [9.17, 15) is 9.59 Å². The van der Waals surface area contributed by atoms with Gasteiger partial charge >= 0.3 is 0 Å². The van der Waals surface area contributed by atoms with Crippen molar-refractivity contribution in [1.29, 1.82) is 0 Å². The molecule has 1 fully saturated rings. The van der Waals surface area contributed by atoms with Crippen LogP contribution in [0.25, 0.3) is 0 Å². The van der Waals surface area contributed by atoms with Crippen molar-refractivity contribution in [2.24, 2.45) is 5.73 Å². The Labute approximate surface area is 142 Å². The summed E-state index contributed by atoms with van der Waals surface area (Å²) in [5, 5.41) is 2.87. The highest BCUT2D eigenvalue weighted by atomic mass is 32.2. The molecule has 1 aromatic rings. The van der Waals surface area contributed by atoms with Crippen LogP contribution in [0.15, 0.2) is 24.3 Å². The molecule has 0 unspecified atom stereocenters. The van der Waals surface area contributed by atoms with E-state index >= 15 is 0 Å². The quantitative estimate of drug-likeness (QED) is 0.755. The number of carbonyl (C=O) groups excluding carboxylic acids is 2. The molecule has 23 heavy (non-hydrogen) atoms. The van der Waals surface area contributed by atoms with Gasteiger partial charge in [-0.2, -0.15) is 11.8 Å². The fourth-order valence-corrected chi connectivity index (χ4v) is 3.04. The number of hydrogen-bond acceptors (Lipinski definition) is 4. The van der Waals surface area contributed by atoms with Crippen LogP contribution in [0.3, 0.4) is 0 Å². The van der Waals surface area contributed by atoms with E-state index in [1.54, 1.807) is 11.8 Å². The summed E-state index contributed by atoms with van der Waals surface area (Å²) in [6.45, 7) is 2.00. The first kappa shape index (κ1) is 17.8. The van der Waals surface area contributed by atoms with E-state index in [4.69, 9.17) is 5.73 Å². The highest BCUT2D eigenvalue weighted by Gasteiger charge is 2.19. The lowest BCUT2D eigenvalue weighted by Gasteiger charge is -2.16. The van der Waals surface area contributed by atoms with E-state index in [0.29, 0.717) is 25.9 Å². The third-order valence-corrected chi connectivity index (χ3v) is 4.65. The first-order valence-electron chi connectivity index (χ1n) is 7.98. The molecule has 3 N–H and O–H groups in total. The van der Waals surface area contributed by atoms with Crippen molar-refractivity contribution in [3.05, 3.63) is 35.4 Å². The molecule has 6 heteroatoms. The molecular formula is C17H25N3O2S. The molecule has 2 rings (SSSR count). The van der Waals surface area contributed by atoms with Gasteiger partial charge in [-0.25, -0.2) is 0 Å². The van der Waals surface area contributed by atoms with Gasteiger partial charge < -0.3 is 16.0 Å². The molecule has 1 atom stereocenters. The van der Waals surface area contributed by atoms with E-state index in [1.807, 2.05) is 35.4 Å². The molecule has 1 aliphatic heterocycles. The summed E-state index contributed by atoms with van der Waals surface area (Å²) in [5.74, 6) is 1.02. The Balaban J connectivity index is 1.78. The van der Waals surface area contributed by atoms with Crippen molar-refractivity contribution in [2.45, 2.75) is 38.4 Å². The molecule has 1 heterocycles. The van der Waals surface area contributed by atoms with Crippen LogP contribution in [0.4, 0.5) is 0 Å². The summed E-state index contributed by atoms with van der Waals surface area (Å²) in [6.07, 6.45) is 4.32. The SMILES string of the molecule is CSCC[C@H](N)C(=O)NCc1ccc(CN2CCCC2=O)cc1. The number of carbonyl (C=O) groups is 2. The number of nitrogens with one attached hydrogen (secondary N) is 1. The summed E-state index contributed by atoms with van der Waals surface area (Å²) in [4.78, 5) is 25.4. The maximum Gasteiger partial charge on any atom is 0.237 e. The van der Waals surface area contributed by atoms with Gasteiger partial charge in [0.15, 0.2) is 0 Å². The van der Waals surface area contributed by atoms with Crippen LogP contribution < -0.4 is 11.1 Å². The predicted molar refractivity (Wildman–Crippen MR) is 93.9 cm³/mol. The maximum atomic E-state index is 11.9. The molecule has 1 aromatic carbocycles. The van der Waals surface area contributed by atoms with Crippen molar-refractivity contribution < 1.29 is 9.59 Å². The highest BCUT2D eigenvalue weighted by Crippen LogP contribution is 2.14. The molecule has 126 valence electrons. The summed E-state index contributed by atoms with van der Waals surface area (Å²) >= 11 is 1.69. The Bertz CT molecular complexity index is 533. The number of thioether (sulfide) groups is 1. The standard InChI is InChI=1S/C17H25N3O2S/c1-23-10-8-15(18)17(22)19-11-13-4-6-14(7-5-13)12-20-9-2-3-16(20)21/h4-7,15H,2-3,8-12,18H2,1H3,(H,19,22)/t15-/m0/s1. The van der Waals surface area contributed by atoms with Crippen molar-refractivity contribution in [2.75, 3.05) is 18.6 Å². The van der Waals surface area contributed by atoms with Crippen molar-refractivity contribution in [1.82, 2.24) is 10.2 Å². The molecule has 1 aliphatic rings. The number of rotatable bonds is 8. The number of nitrogens with zero attached hydrogens (tertiary/aromatic N) is 1. The highest BCUT2D eigenvalue weighted by molar-refractivity contribution is 7.98. The number of amides is 2. The lowest BCUT2D eigenvalue weighted by Crippen LogP contribution is -2.40. The van der Waals surface area contributed by atoms with Crippen LogP contribution in [0.2, 0.25) is 0 Å². The lowest BCUT2D eigenvalue weighted by molar-refractivity contribution is -0.128. The van der Waals surface area contributed by atoms with Crippen molar-refractivity contribution in [3.63, 3.8) is 0 Å². The Morgan fingerprint density at radius 1 is 1.35 bits per heavy atom. The summed E-state index contributed by atoms with van der Waals surface area (Å²) in [7, 11) is 0. The van der Waals surface area contributed by atoms with Crippen molar-refractivity contribution >= 4 is 23.6 Å². The second-order valence-corrected chi connectivity index (χ2v) is 6.83. The van der Waals surface area contributed by atoms with Gasteiger partial charge in [0.05, 0.1) is 6.04 Å². The normalized spacial score (nSPS) is 15.7. The smallest absolute Gasteiger partial charge is 0.237 e.